The van der Waals surface area contributed by atoms with Gasteiger partial charge in [-0.3, -0.25) is 0 Å². The molecule has 1 unspecified atom stereocenters. The molecule has 0 saturated heterocycles. The van der Waals surface area contributed by atoms with E-state index in [2.05, 4.69) is 10.2 Å². The van der Waals surface area contributed by atoms with Crippen molar-refractivity contribution < 1.29 is 5.11 Å². The van der Waals surface area contributed by atoms with E-state index in [0.717, 1.165) is 17.0 Å². The molecule has 1 aromatic heterocycles. The number of aryl methyl sites for hydroxylation is 2. The smallest absolute Gasteiger partial charge is 0.106 e. The molecule has 19 heavy (non-hydrogen) atoms. The Balaban J connectivity index is 2.45. The highest BCUT2D eigenvalue weighted by molar-refractivity contribution is 6.42. The quantitative estimate of drug-likeness (QED) is 0.938. The first-order chi connectivity index (χ1) is 9.02. The number of halogens is 2. The topological polar surface area (TPSA) is 46.0 Å². The second-order valence-electron chi connectivity index (χ2n) is 4.32. The van der Waals surface area contributed by atoms with Gasteiger partial charge in [0, 0.05) is 5.56 Å². The monoisotopic (exact) mass is 296 g/mol. The molecule has 1 heterocycles. The fourth-order valence-electron chi connectivity index (χ4n) is 1.91. The lowest BCUT2D eigenvalue weighted by molar-refractivity contribution is 0.218. The summed E-state index contributed by atoms with van der Waals surface area (Å²) in [4.78, 5) is 0. The van der Waals surface area contributed by atoms with E-state index in [1.807, 2.05) is 19.9 Å². The summed E-state index contributed by atoms with van der Waals surface area (Å²) in [5.41, 5.74) is 3.00. The van der Waals surface area contributed by atoms with Crippen molar-refractivity contribution in [1.82, 2.24) is 10.2 Å². The fraction of sp³-hybridized carbons (Fsp3) is 0.286. The zero-order valence-corrected chi connectivity index (χ0v) is 12.2. The first-order valence-corrected chi connectivity index (χ1v) is 6.74. The van der Waals surface area contributed by atoms with E-state index in [1.165, 1.54) is 0 Å². The zero-order valence-electron chi connectivity index (χ0n) is 10.7. The van der Waals surface area contributed by atoms with Gasteiger partial charge in [0.25, 0.3) is 0 Å². The zero-order chi connectivity index (χ0) is 14.0. The molecule has 1 atom stereocenters. The minimum Gasteiger partial charge on any atom is -0.384 e. The number of rotatable bonds is 3. The summed E-state index contributed by atoms with van der Waals surface area (Å²) in [5, 5.41) is 19.5. The van der Waals surface area contributed by atoms with E-state index in [0.29, 0.717) is 22.0 Å². The van der Waals surface area contributed by atoms with Crippen molar-refractivity contribution in [3.63, 3.8) is 0 Å². The molecule has 0 bridgehead atoms. The molecule has 0 aliphatic rings. The average molecular weight is 297 g/mol. The second-order valence-corrected chi connectivity index (χ2v) is 5.13. The third-order valence-corrected chi connectivity index (χ3v) is 3.65. The van der Waals surface area contributed by atoms with E-state index in [4.69, 9.17) is 23.2 Å². The summed E-state index contributed by atoms with van der Waals surface area (Å²) >= 11 is 11.9. The van der Waals surface area contributed by atoms with Gasteiger partial charge in [0.1, 0.15) is 6.10 Å². The molecule has 100 valence electrons. The van der Waals surface area contributed by atoms with Gasteiger partial charge in [-0.05, 0) is 37.1 Å². The van der Waals surface area contributed by atoms with Crippen molar-refractivity contribution in [3.8, 4) is 0 Å². The third-order valence-electron chi connectivity index (χ3n) is 2.91. The molecule has 0 radical (unpaired) electrons. The normalized spacial score (nSPS) is 12.5. The average Bonchev–Trinajstić information content (AvgIpc) is 2.41. The number of nitrogens with zero attached hydrogens (tertiary/aromatic N) is 2. The predicted octanol–water partition coefficient (Wildman–Crippen LogP) is 3.74. The lowest BCUT2D eigenvalue weighted by Crippen LogP contribution is -2.07. The van der Waals surface area contributed by atoms with Crippen LogP contribution in [0.1, 0.15) is 35.5 Å². The van der Waals surface area contributed by atoms with Crippen LogP contribution in [0.2, 0.25) is 10.0 Å². The minimum absolute atomic E-state index is 0.426. The van der Waals surface area contributed by atoms with E-state index in [9.17, 15) is 5.11 Å². The van der Waals surface area contributed by atoms with Crippen LogP contribution in [0, 0.1) is 6.92 Å². The predicted molar refractivity (Wildman–Crippen MR) is 76.7 cm³/mol. The van der Waals surface area contributed by atoms with Crippen LogP contribution in [0.5, 0.6) is 0 Å². The second kappa shape index (κ2) is 5.87. The Bertz CT molecular complexity index is 602. The molecular formula is C14H14Cl2N2O. The third kappa shape index (κ3) is 3.06. The molecule has 0 aliphatic heterocycles. The molecule has 5 heteroatoms. The summed E-state index contributed by atoms with van der Waals surface area (Å²) in [7, 11) is 0. The van der Waals surface area contributed by atoms with Gasteiger partial charge in [-0.2, -0.15) is 10.2 Å². The molecule has 1 aromatic carbocycles. The van der Waals surface area contributed by atoms with Crippen LogP contribution in [0.4, 0.5) is 0 Å². The van der Waals surface area contributed by atoms with Crippen LogP contribution >= 0.6 is 23.2 Å². The summed E-state index contributed by atoms with van der Waals surface area (Å²) in [6, 6.07) is 6.95. The molecule has 1 N–H and O–H groups in total. The molecule has 2 aromatic rings. The summed E-state index contributed by atoms with van der Waals surface area (Å²) < 4.78 is 0. The molecule has 3 nitrogen and oxygen atoms in total. The highest BCUT2D eigenvalue weighted by Gasteiger charge is 2.16. The molecule has 0 aliphatic carbocycles. The van der Waals surface area contributed by atoms with Crippen LogP contribution < -0.4 is 0 Å². The summed E-state index contributed by atoms with van der Waals surface area (Å²) in [6.45, 7) is 3.82. The van der Waals surface area contributed by atoms with Crippen molar-refractivity contribution in [3.05, 3.63) is 56.8 Å². The van der Waals surface area contributed by atoms with E-state index >= 15 is 0 Å². The number of aliphatic hydroxyl groups excluding tert-OH is 1. The maximum Gasteiger partial charge on any atom is 0.106 e. The van der Waals surface area contributed by atoms with Crippen LogP contribution in [0.15, 0.2) is 24.3 Å². The van der Waals surface area contributed by atoms with Gasteiger partial charge in [0.2, 0.25) is 0 Å². The van der Waals surface area contributed by atoms with Gasteiger partial charge in [-0.25, -0.2) is 0 Å². The molecular weight excluding hydrogens is 283 g/mol. The van der Waals surface area contributed by atoms with Crippen molar-refractivity contribution in [2.24, 2.45) is 0 Å². The fourth-order valence-corrected chi connectivity index (χ4v) is 2.21. The Morgan fingerprint density at radius 2 is 1.89 bits per heavy atom. The number of aliphatic hydroxyl groups is 1. The van der Waals surface area contributed by atoms with Gasteiger partial charge in [-0.15, -0.1) is 0 Å². The Morgan fingerprint density at radius 3 is 2.53 bits per heavy atom. The summed E-state index contributed by atoms with van der Waals surface area (Å²) in [5.74, 6) is 0. The molecule has 0 amide bonds. The highest BCUT2D eigenvalue weighted by atomic mass is 35.5. The Hall–Kier alpha value is -1.16. The largest absolute Gasteiger partial charge is 0.384 e. The van der Waals surface area contributed by atoms with Crippen LogP contribution in [0.25, 0.3) is 0 Å². The number of benzene rings is 1. The van der Waals surface area contributed by atoms with Gasteiger partial charge < -0.3 is 5.11 Å². The maximum absolute atomic E-state index is 10.5. The lowest BCUT2D eigenvalue weighted by Gasteiger charge is -2.15. The molecule has 0 saturated carbocycles. The Kier molecular flexibility index (Phi) is 4.40. The standard InChI is InChI=1S/C14H14Cl2N2O/c1-3-13-10(6-8(2)17-18-13)14(19)9-4-5-11(15)12(16)7-9/h4-7,14,19H,3H2,1-2H3. The number of aromatic nitrogens is 2. The first kappa shape index (κ1) is 14.3. The van der Waals surface area contributed by atoms with Gasteiger partial charge in [0.05, 0.1) is 21.4 Å². The minimum atomic E-state index is -0.779. The van der Waals surface area contributed by atoms with Gasteiger partial charge in [0.15, 0.2) is 0 Å². The molecule has 0 spiro atoms. The van der Waals surface area contributed by atoms with Crippen LogP contribution in [-0.4, -0.2) is 15.3 Å². The lowest BCUT2D eigenvalue weighted by atomic mass is 9.99. The van der Waals surface area contributed by atoms with Crippen LogP contribution in [-0.2, 0) is 6.42 Å². The summed E-state index contributed by atoms with van der Waals surface area (Å²) in [6.07, 6.45) is -0.0695. The van der Waals surface area contributed by atoms with Gasteiger partial charge in [-0.1, -0.05) is 36.2 Å². The molecule has 2 rings (SSSR count). The Labute approximate surface area is 122 Å². The van der Waals surface area contributed by atoms with Crippen molar-refractivity contribution in [2.75, 3.05) is 0 Å². The van der Waals surface area contributed by atoms with E-state index in [1.54, 1.807) is 18.2 Å². The Morgan fingerprint density at radius 1 is 1.16 bits per heavy atom. The number of hydrogen-bond acceptors (Lipinski definition) is 3. The van der Waals surface area contributed by atoms with Crippen molar-refractivity contribution >= 4 is 23.2 Å². The number of hydrogen-bond donors (Lipinski definition) is 1. The SMILES string of the molecule is CCc1nnc(C)cc1C(O)c1ccc(Cl)c(Cl)c1. The van der Waals surface area contributed by atoms with Gasteiger partial charge >= 0.3 is 0 Å². The van der Waals surface area contributed by atoms with Crippen molar-refractivity contribution in [1.29, 1.82) is 0 Å². The first-order valence-electron chi connectivity index (χ1n) is 5.99. The van der Waals surface area contributed by atoms with E-state index in [-0.39, 0.29) is 0 Å². The van der Waals surface area contributed by atoms with Crippen molar-refractivity contribution in [2.45, 2.75) is 26.4 Å². The van der Waals surface area contributed by atoms with E-state index < -0.39 is 6.10 Å². The molecule has 0 fully saturated rings. The highest BCUT2D eigenvalue weighted by Crippen LogP contribution is 2.30. The van der Waals surface area contributed by atoms with Crippen LogP contribution in [0.3, 0.4) is 0 Å². The maximum atomic E-state index is 10.5.